The fourth-order valence-corrected chi connectivity index (χ4v) is 2.83. The summed E-state index contributed by atoms with van der Waals surface area (Å²) < 4.78 is 1.73. The van der Waals surface area contributed by atoms with Crippen LogP contribution in [0.2, 0.25) is 5.02 Å². The summed E-state index contributed by atoms with van der Waals surface area (Å²) in [6.45, 7) is 0.680. The van der Waals surface area contributed by atoms with E-state index in [9.17, 15) is 4.79 Å². The highest BCUT2D eigenvalue weighted by Crippen LogP contribution is 2.19. The molecule has 2 rings (SSSR count). The Morgan fingerprint density at radius 2 is 2.00 bits per heavy atom. The summed E-state index contributed by atoms with van der Waals surface area (Å²) in [6.07, 6.45) is 1.81. The van der Waals surface area contributed by atoms with Gasteiger partial charge in [-0.25, -0.2) is 0 Å². The summed E-state index contributed by atoms with van der Waals surface area (Å²) in [5.41, 5.74) is 5.79. The molecular formula is C15H17ClN4OS2. The largest absolute Gasteiger partial charge is 0.361 e. The number of carbonyl (C=O) groups is 1. The van der Waals surface area contributed by atoms with E-state index in [2.05, 4.69) is 16.2 Å². The van der Waals surface area contributed by atoms with Gasteiger partial charge in [0, 0.05) is 35.5 Å². The molecule has 0 bridgehead atoms. The SMILES string of the molecule is Cn1cccc1C(=O)NNC(=S)NCCSc1ccc(Cl)cc1. The van der Waals surface area contributed by atoms with Gasteiger partial charge in [-0.2, -0.15) is 0 Å². The molecule has 0 atom stereocenters. The van der Waals surface area contributed by atoms with E-state index < -0.39 is 0 Å². The summed E-state index contributed by atoms with van der Waals surface area (Å²) >= 11 is 12.6. The zero-order valence-corrected chi connectivity index (χ0v) is 14.9. The van der Waals surface area contributed by atoms with E-state index in [1.165, 1.54) is 0 Å². The van der Waals surface area contributed by atoms with Crippen molar-refractivity contribution in [2.45, 2.75) is 4.90 Å². The van der Waals surface area contributed by atoms with Gasteiger partial charge in [0.1, 0.15) is 5.69 Å². The van der Waals surface area contributed by atoms with Crippen molar-refractivity contribution in [1.29, 1.82) is 0 Å². The van der Waals surface area contributed by atoms with Gasteiger partial charge in [0.25, 0.3) is 5.91 Å². The molecule has 122 valence electrons. The Morgan fingerprint density at radius 3 is 2.65 bits per heavy atom. The van der Waals surface area contributed by atoms with Crippen molar-refractivity contribution in [3.63, 3.8) is 0 Å². The number of rotatable bonds is 5. The van der Waals surface area contributed by atoms with Crippen LogP contribution in [-0.4, -0.2) is 27.9 Å². The van der Waals surface area contributed by atoms with Gasteiger partial charge in [0.2, 0.25) is 0 Å². The van der Waals surface area contributed by atoms with Crippen molar-refractivity contribution in [2.24, 2.45) is 7.05 Å². The second kappa shape index (κ2) is 8.81. The number of aryl methyl sites for hydroxylation is 1. The third kappa shape index (κ3) is 5.78. The van der Waals surface area contributed by atoms with Gasteiger partial charge in [0.05, 0.1) is 0 Å². The molecule has 0 saturated carbocycles. The van der Waals surface area contributed by atoms with E-state index in [-0.39, 0.29) is 5.91 Å². The first-order valence-electron chi connectivity index (χ1n) is 6.90. The molecule has 0 aliphatic heterocycles. The number of halogens is 1. The lowest BCUT2D eigenvalue weighted by atomic mass is 10.4. The molecule has 5 nitrogen and oxygen atoms in total. The molecule has 0 radical (unpaired) electrons. The molecule has 0 saturated heterocycles. The van der Waals surface area contributed by atoms with E-state index in [4.69, 9.17) is 23.8 Å². The number of amides is 1. The molecule has 0 aliphatic rings. The molecule has 8 heteroatoms. The van der Waals surface area contributed by atoms with Gasteiger partial charge >= 0.3 is 0 Å². The maximum absolute atomic E-state index is 11.9. The highest BCUT2D eigenvalue weighted by Gasteiger charge is 2.08. The molecule has 2 aromatic rings. The number of hydrazine groups is 1. The number of hydrogen-bond acceptors (Lipinski definition) is 3. The first-order chi connectivity index (χ1) is 11.1. The third-order valence-electron chi connectivity index (χ3n) is 2.94. The highest BCUT2D eigenvalue weighted by atomic mass is 35.5. The fraction of sp³-hybridized carbons (Fsp3) is 0.200. The van der Waals surface area contributed by atoms with Crippen LogP contribution in [0.5, 0.6) is 0 Å². The molecule has 1 aromatic heterocycles. The second-order valence-corrected chi connectivity index (χ2v) is 6.65. The Labute approximate surface area is 149 Å². The normalized spacial score (nSPS) is 10.2. The monoisotopic (exact) mass is 368 g/mol. The average Bonchev–Trinajstić information content (AvgIpc) is 2.97. The molecule has 0 unspecified atom stereocenters. The minimum absolute atomic E-state index is 0.239. The maximum Gasteiger partial charge on any atom is 0.286 e. The summed E-state index contributed by atoms with van der Waals surface area (Å²) in [4.78, 5) is 13.0. The fourth-order valence-electron chi connectivity index (χ4n) is 1.78. The summed E-state index contributed by atoms with van der Waals surface area (Å²) in [5, 5.41) is 4.14. The molecule has 1 aromatic carbocycles. The summed E-state index contributed by atoms with van der Waals surface area (Å²) in [7, 11) is 1.81. The van der Waals surface area contributed by atoms with Gasteiger partial charge in [-0.05, 0) is 48.6 Å². The maximum atomic E-state index is 11.9. The van der Waals surface area contributed by atoms with Crippen LogP contribution in [0.25, 0.3) is 0 Å². The van der Waals surface area contributed by atoms with Crippen LogP contribution in [0.4, 0.5) is 0 Å². The van der Waals surface area contributed by atoms with Crippen LogP contribution in [0, 0.1) is 0 Å². The van der Waals surface area contributed by atoms with Gasteiger partial charge in [-0.15, -0.1) is 11.8 Å². The van der Waals surface area contributed by atoms with Crippen molar-refractivity contribution < 1.29 is 4.79 Å². The highest BCUT2D eigenvalue weighted by molar-refractivity contribution is 7.99. The summed E-state index contributed by atoms with van der Waals surface area (Å²) in [5.74, 6) is 0.604. The van der Waals surface area contributed by atoms with E-state index in [1.807, 2.05) is 24.3 Å². The Hall–Kier alpha value is -1.70. The Kier molecular flexibility index (Phi) is 6.76. The minimum Gasteiger partial charge on any atom is -0.361 e. The molecule has 0 aliphatic carbocycles. The lowest BCUT2D eigenvalue weighted by Gasteiger charge is -2.11. The standard InChI is InChI=1S/C15H17ClN4OS2/c1-20-9-2-3-13(20)14(21)18-19-15(22)17-8-10-23-12-6-4-11(16)5-7-12/h2-7,9H,8,10H2,1H3,(H,18,21)(H2,17,19,22). The Morgan fingerprint density at radius 1 is 1.26 bits per heavy atom. The lowest BCUT2D eigenvalue weighted by Crippen LogP contribution is -2.47. The molecule has 23 heavy (non-hydrogen) atoms. The van der Waals surface area contributed by atoms with E-state index >= 15 is 0 Å². The van der Waals surface area contributed by atoms with Crippen LogP contribution in [0.15, 0.2) is 47.5 Å². The topological polar surface area (TPSA) is 58.1 Å². The quantitative estimate of drug-likeness (QED) is 0.328. The van der Waals surface area contributed by atoms with E-state index in [0.717, 1.165) is 15.7 Å². The van der Waals surface area contributed by atoms with Crippen LogP contribution in [0.3, 0.4) is 0 Å². The van der Waals surface area contributed by atoms with Crippen molar-refractivity contribution in [1.82, 2.24) is 20.7 Å². The number of nitrogens with one attached hydrogen (secondary N) is 3. The van der Waals surface area contributed by atoms with Crippen LogP contribution in [0.1, 0.15) is 10.5 Å². The average molecular weight is 369 g/mol. The molecule has 1 heterocycles. The minimum atomic E-state index is -0.239. The predicted octanol–water partition coefficient (Wildman–Crippen LogP) is 2.58. The van der Waals surface area contributed by atoms with Gasteiger partial charge in [0.15, 0.2) is 5.11 Å². The van der Waals surface area contributed by atoms with Crippen molar-refractivity contribution in [3.05, 3.63) is 53.3 Å². The molecular weight excluding hydrogens is 352 g/mol. The molecule has 3 N–H and O–H groups in total. The molecule has 0 fully saturated rings. The predicted molar refractivity (Wildman–Crippen MR) is 98.8 cm³/mol. The number of carbonyl (C=O) groups excluding carboxylic acids is 1. The lowest BCUT2D eigenvalue weighted by molar-refractivity contribution is 0.0935. The smallest absolute Gasteiger partial charge is 0.286 e. The number of hydrogen-bond donors (Lipinski definition) is 3. The molecule has 0 spiro atoms. The van der Waals surface area contributed by atoms with Gasteiger partial charge in [-0.3, -0.25) is 15.6 Å². The number of nitrogens with zero attached hydrogens (tertiary/aromatic N) is 1. The Balaban J connectivity index is 1.62. The number of thioether (sulfide) groups is 1. The first-order valence-corrected chi connectivity index (χ1v) is 8.67. The number of aromatic nitrogens is 1. The zero-order chi connectivity index (χ0) is 16.7. The van der Waals surface area contributed by atoms with Crippen LogP contribution in [-0.2, 0) is 7.05 Å². The number of benzene rings is 1. The van der Waals surface area contributed by atoms with Crippen LogP contribution < -0.4 is 16.2 Å². The summed E-state index contributed by atoms with van der Waals surface area (Å²) in [6, 6.07) is 11.2. The third-order valence-corrected chi connectivity index (χ3v) is 4.45. The van der Waals surface area contributed by atoms with Gasteiger partial charge in [-0.1, -0.05) is 11.6 Å². The van der Waals surface area contributed by atoms with E-state index in [0.29, 0.717) is 17.4 Å². The van der Waals surface area contributed by atoms with Crippen LogP contribution >= 0.6 is 35.6 Å². The van der Waals surface area contributed by atoms with E-state index in [1.54, 1.807) is 41.7 Å². The molecule has 1 amide bonds. The van der Waals surface area contributed by atoms with Crippen molar-refractivity contribution in [2.75, 3.05) is 12.3 Å². The van der Waals surface area contributed by atoms with Crippen molar-refractivity contribution in [3.8, 4) is 0 Å². The Bertz CT molecular complexity index is 672. The zero-order valence-electron chi connectivity index (χ0n) is 12.5. The van der Waals surface area contributed by atoms with Gasteiger partial charge < -0.3 is 9.88 Å². The van der Waals surface area contributed by atoms with Crippen molar-refractivity contribution >= 4 is 46.6 Å². The first kappa shape index (κ1) is 17.7. The second-order valence-electron chi connectivity index (χ2n) is 4.64. The number of thiocarbonyl (C=S) groups is 1.